The molecule has 0 radical (unpaired) electrons. The third kappa shape index (κ3) is 5.19. The zero-order valence-electron chi connectivity index (χ0n) is 15.9. The first kappa shape index (κ1) is 19.2. The lowest BCUT2D eigenvalue weighted by molar-refractivity contribution is -0.128. The minimum Gasteiger partial charge on any atom is -0.353 e. The number of rotatable bonds is 8. The van der Waals surface area contributed by atoms with E-state index in [0.717, 1.165) is 13.0 Å². The predicted molar refractivity (Wildman–Crippen MR) is 107 cm³/mol. The SMILES string of the molecule is C[C@H](NC(=O)CCCN1CCCC1=O)C(c1ccccc1)c1ccccc1. The molecule has 0 spiro atoms. The molecule has 4 heteroatoms. The lowest BCUT2D eigenvalue weighted by Gasteiger charge is -2.26. The summed E-state index contributed by atoms with van der Waals surface area (Å²) in [4.78, 5) is 26.0. The maximum Gasteiger partial charge on any atom is 0.222 e. The lowest BCUT2D eigenvalue weighted by Crippen LogP contribution is -2.38. The topological polar surface area (TPSA) is 49.4 Å². The van der Waals surface area contributed by atoms with Crippen LogP contribution in [0.5, 0.6) is 0 Å². The van der Waals surface area contributed by atoms with E-state index in [0.29, 0.717) is 25.8 Å². The van der Waals surface area contributed by atoms with Crippen LogP contribution in [-0.4, -0.2) is 35.8 Å². The Morgan fingerprint density at radius 2 is 1.63 bits per heavy atom. The fourth-order valence-corrected chi connectivity index (χ4v) is 3.87. The number of hydrogen-bond acceptors (Lipinski definition) is 2. The normalized spacial score (nSPS) is 15.2. The second-order valence-corrected chi connectivity index (χ2v) is 7.24. The maximum atomic E-state index is 12.5. The molecule has 2 aromatic rings. The molecule has 1 heterocycles. The first-order valence-electron chi connectivity index (χ1n) is 9.82. The molecule has 2 amide bonds. The van der Waals surface area contributed by atoms with Gasteiger partial charge in [-0.25, -0.2) is 0 Å². The molecule has 4 nitrogen and oxygen atoms in total. The Kier molecular flexibility index (Phi) is 6.64. The van der Waals surface area contributed by atoms with Crippen LogP contribution in [-0.2, 0) is 9.59 Å². The van der Waals surface area contributed by atoms with Crippen molar-refractivity contribution >= 4 is 11.8 Å². The van der Waals surface area contributed by atoms with Crippen molar-refractivity contribution in [3.05, 3.63) is 71.8 Å². The van der Waals surface area contributed by atoms with Crippen molar-refractivity contribution in [3.63, 3.8) is 0 Å². The molecule has 142 valence electrons. The molecule has 27 heavy (non-hydrogen) atoms. The molecule has 1 aliphatic rings. The van der Waals surface area contributed by atoms with E-state index >= 15 is 0 Å². The molecule has 0 aliphatic carbocycles. The summed E-state index contributed by atoms with van der Waals surface area (Å²) in [7, 11) is 0. The number of amides is 2. The monoisotopic (exact) mass is 364 g/mol. The molecular formula is C23H28N2O2. The summed E-state index contributed by atoms with van der Waals surface area (Å²) in [5, 5.41) is 3.17. The molecule has 0 saturated carbocycles. The summed E-state index contributed by atoms with van der Waals surface area (Å²) < 4.78 is 0. The Hall–Kier alpha value is -2.62. The average Bonchev–Trinajstić information content (AvgIpc) is 3.08. The maximum absolute atomic E-state index is 12.5. The Bertz CT molecular complexity index is 706. The summed E-state index contributed by atoms with van der Waals surface area (Å²) in [6.07, 6.45) is 2.76. The van der Waals surface area contributed by atoms with Gasteiger partial charge >= 0.3 is 0 Å². The van der Waals surface area contributed by atoms with Crippen LogP contribution < -0.4 is 5.32 Å². The highest BCUT2D eigenvalue weighted by molar-refractivity contribution is 5.78. The molecule has 1 aliphatic heterocycles. The van der Waals surface area contributed by atoms with Crippen LogP contribution in [0.2, 0.25) is 0 Å². The molecule has 0 bridgehead atoms. The second-order valence-electron chi connectivity index (χ2n) is 7.24. The average molecular weight is 364 g/mol. The van der Waals surface area contributed by atoms with Crippen molar-refractivity contribution in [3.8, 4) is 0 Å². The van der Waals surface area contributed by atoms with Crippen LogP contribution in [0, 0.1) is 0 Å². The van der Waals surface area contributed by atoms with Gasteiger partial charge in [0, 0.05) is 37.9 Å². The van der Waals surface area contributed by atoms with Gasteiger partial charge in [-0.3, -0.25) is 9.59 Å². The van der Waals surface area contributed by atoms with Gasteiger partial charge in [-0.1, -0.05) is 60.7 Å². The van der Waals surface area contributed by atoms with Gasteiger partial charge in [-0.15, -0.1) is 0 Å². The van der Waals surface area contributed by atoms with Gasteiger partial charge in [-0.05, 0) is 30.9 Å². The first-order valence-corrected chi connectivity index (χ1v) is 9.82. The fraction of sp³-hybridized carbons (Fsp3) is 0.391. The quantitative estimate of drug-likeness (QED) is 0.776. The zero-order chi connectivity index (χ0) is 19.1. The standard InChI is InChI=1S/C23H28N2O2/c1-18(24-21(26)14-8-16-25-17-9-15-22(25)27)23(19-10-4-2-5-11-19)20-12-6-3-7-13-20/h2-7,10-13,18,23H,8-9,14-17H2,1H3,(H,24,26)/t18-/m0/s1. The lowest BCUT2D eigenvalue weighted by atomic mass is 9.86. The summed E-state index contributed by atoms with van der Waals surface area (Å²) in [5.41, 5.74) is 2.39. The largest absolute Gasteiger partial charge is 0.353 e. The van der Waals surface area contributed by atoms with Crippen molar-refractivity contribution in [1.82, 2.24) is 10.2 Å². The van der Waals surface area contributed by atoms with Crippen LogP contribution in [0.15, 0.2) is 60.7 Å². The van der Waals surface area contributed by atoms with E-state index in [-0.39, 0.29) is 23.8 Å². The van der Waals surface area contributed by atoms with Crippen molar-refractivity contribution in [2.45, 2.75) is 44.6 Å². The fourth-order valence-electron chi connectivity index (χ4n) is 3.87. The number of nitrogens with one attached hydrogen (secondary N) is 1. The summed E-state index contributed by atoms with van der Waals surface area (Å²) in [6, 6.07) is 20.6. The molecule has 1 saturated heterocycles. The van der Waals surface area contributed by atoms with Gasteiger partial charge < -0.3 is 10.2 Å². The van der Waals surface area contributed by atoms with E-state index in [1.54, 1.807) is 0 Å². The number of likely N-dealkylation sites (tertiary alicyclic amines) is 1. The Morgan fingerprint density at radius 3 is 2.15 bits per heavy atom. The van der Waals surface area contributed by atoms with E-state index < -0.39 is 0 Å². The van der Waals surface area contributed by atoms with Crippen LogP contribution in [0.3, 0.4) is 0 Å². The van der Waals surface area contributed by atoms with Crippen molar-refractivity contribution in [2.75, 3.05) is 13.1 Å². The highest BCUT2D eigenvalue weighted by atomic mass is 16.2. The van der Waals surface area contributed by atoms with Crippen molar-refractivity contribution in [2.24, 2.45) is 0 Å². The highest BCUT2D eigenvalue weighted by Crippen LogP contribution is 2.28. The highest BCUT2D eigenvalue weighted by Gasteiger charge is 2.23. The van der Waals surface area contributed by atoms with E-state index in [4.69, 9.17) is 0 Å². The third-order valence-electron chi connectivity index (χ3n) is 5.21. The van der Waals surface area contributed by atoms with Gasteiger partial charge in [0.15, 0.2) is 0 Å². The molecular weight excluding hydrogens is 336 g/mol. The Balaban J connectivity index is 1.60. The summed E-state index contributed by atoms with van der Waals surface area (Å²) >= 11 is 0. The van der Waals surface area contributed by atoms with Crippen LogP contribution >= 0.6 is 0 Å². The van der Waals surface area contributed by atoms with Crippen LogP contribution in [0.1, 0.15) is 49.7 Å². The molecule has 1 atom stereocenters. The van der Waals surface area contributed by atoms with Gasteiger partial charge in [0.2, 0.25) is 11.8 Å². The minimum atomic E-state index is -0.0179. The molecule has 1 fully saturated rings. The van der Waals surface area contributed by atoms with Crippen LogP contribution in [0.4, 0.5) is 0 Å². The van der Waals surface area contributed by atoms with Crippen molar-refractivity contribution in [1.29, 1.82) is 0 Å². The Morgan fingerprint density at radius 1 is 1.04 bits per heavy atom. The minimum absolute atomic E-state index is 0.0179. The summed E-state index contributed by atoms with van der Waals surface area (Å²) in [5.74, 6) is 0.375. The van der Waals surface area contributed by atoms with Gasteiger partial charge in [0.25, 0.3) is 0 Å². The van der Waals surface area contributed by atoms with E-state index in [1.165, 1.54) is 11.1 Å². The van der Waals surface area contributed by atoms with Gasteiger partial charge in [-0.2, -0.15) is 0 Å². The van der Waals surface area contributed by atoms with Gasteiger partial charge in [0.05, 0.1) is 0 Å². The van der Waals surface area contributed by atoms with Crippen molar-refractivity contribution < 1.29 is 9.59 Å². The molecule has 0 aromatic heterocycles. The third-order valence-corrected chi connectivity index (χ3v) is 5.21. The number of hydrogen-bond donors (Lipinski definition) is 1. The summed E-state index contributed by atoms with van der Waals surface area (Å²) in [6.45, 7) is 3.58. The molecule has 0 unspecified atom stereocenters. The number of carbonyl (C=O) groups is 2. The Labute approximate surface area is 161 Å². The molecule has 1 N–H and O–H groups in total. The number of carbonyl (C=O) groups excluding carboxylic acids is 2. The zero-order valence-corrected chi connectivity index (χ0v) is 15.9. The molecule has 3 rings (SSSR count). The predicted octanol–water partition coefficient (Wildman–Crippen LogP) is 3.73. The number of benzene rings is 2. The van der Waals surface area contributed by atoms with E-state index in [1.807, 2.05) is 41.3 Å². The molecule has 2 aromatic carbocycles. The smallest absolute Gasteiger partial charge is 0.222 e. The van der Waals surface area contributed by atoms with Gasteiger partial charge in [0.1, 0.15) is 0 Å². The van der Waals surface area contributed by atoms with E-state index in [9.17, 15) is 9.59 Å². The second kappa shape index (κ2) is 9.36. The first-order chi connectivity index (χ1) is 13.1. The van der Waals surface area contributed by atoms with Crippen LogP contribution in [0.25, 0.3) is 0 Å². The van der Waals surface area contributed by atoms with E-state index in [2.05, 4.69) is 36.5 Å². The number of nitrogens with zero attached hydrogens (tertiary/aromatic N) is 1.